The third kappa shape index (κ3) is 3.99. The van der Waals surface area contributed by atoms with E-state index in [1.165, 1.54) is 25.7 Å². The van der Waals surface area contributed by atoms with E-state index < -0.39 is 5.97 Å². The van der Waals surface area contributed by atoms with E-state index in [1.807, 2.05) is 4.90 Å². The van der Waals surface area contributed by atoms with Crippen LogP contribution in [0.3, 0.4) is 0 Å². The Morgan fingerprint density at radius 2 is 1.71 bits per heavy atom. The number of hydrogen-bond acceptors (Lipinski definition) is 2. The molecule has 1 heterocycles. The molecule has 1 aromatic carbocycles. The van der Waals surface area contributed by atoms with Gasteiger partial charge in [0.05, 0.1) is 6.42 Å². The summed E-state index contributed by atoms with van der Waals surface area (Å²) in [5.74, 6) is 0.0920. The lowest BCUT2D eigenvalue weighted by Gasteiger charge is -2.22. The van der Waals surface area contributed by atoms with Crippen LogP contribution >= 0.6 is 11.6 Å². The standard InChI is InChI=1S/C19H22ClNO3/c20-17-7-5-13(6-8-17)9-16(19(23)24)10-18(22)21-11-14-3-1-2-4-15(14)12-21/h5-9,14-15H,1-4,10-12H2,(H,23,24)/b16-9+. The molecule has 1 aliphatic carbocycles. The second-order valence-electron chi connectivity index (χ2n) is 6.81. The summed E-state index contributed by atoms with van der Waals surface area (Å²) in [6.07, 6.45) is 6.39. The van der Waals surface area contributed by atoms with Gasteiger partial charge in [0.1, 0.15) is 0 Å². The lowest BCUT2D eigenvalue weighted by Crippen LogP contribution is -2.29. The van der Waals surface area contributed by atoms with Crippen molar-refractivity contribution in [3.8, 4) is 0 Å². The molecule has 128 valence electrons. The van der Waals surface area contributed by atoms with Crippen molar-refractivity contribution in [2.75, 3.05) is 13.1 Å². The van der Waals surface area contributed by atoms with Crippen molar-refractivity contribution >= 4 is 29.6 Å². The number of hydrogen-bond donors (Lipinski definition) is 1. The van der Waals surface area contributed by atoms with Gasteiger partial charge in [-0.05, 0) is 48.4 Å². The molecule has 2 unspecified atom stereocenters. The lowest BCUT2D eigenvalue weighted by molar-refractivity contribution is -0.136. The highest BCUT2D eigenvalue weighted by atomic mass is 35.5. The molecule has 0 radical (unpaired) electrons. The molecule has 1 saturated heterocycles. The van der Waals surface area contributed by atoms with E-state index in [2.05, 4.69) is 0 Å². The van der Waals surface area contributed by atoms with Gasteiger partial charge in [0.2, 0.25) is 5.91 Å². The van der Waals surface area contributed by atoms with Crippen LogP contribution < -0.4 is 0 Å². The second-order valence-corrected chi connectivity index (χ2v) is 7.24. The van der Waals surface area contributed by atoms with Crippen molar-refractivity contribution in [1.82, 2.24) is 4.90 Å². The molecule has 1 aliphatic heterocycles. The van der Waals surface area contributed by atoms with Crippen LogP contribution in [0, 0.1) is 11.8 Å². The first kappa shape index (κ1) is 17.0. The SMILES string of the molecule is O=C(O)/C(=C/c1ccc(Cl)cc1)CC(=O)N1CC2CCCCC2C1. The van der Waals surface area contributed by atoms with Gasteiger partial charge in [-0.2, -0.15) is 0 Å². The van der Waals surface area contributed by atoms with Gasteiger partial charge < -0.3 is 10.0 Å². The van der Waals surface area contributed by atoms with E-state index >= 15 is 0 Å². The average Bonchev–Trinajstić information content (AvgIpc) is 3.00. The number of fused-ring (bicyclic) bond motifs is 1. The fourth-order valence-electron chi connectivity index (χ4n) is 3.83. The molecule has 2 aliphatic rings. The highest BCUT2D eigenvalue weighted by Crippen LogP contribution is 2.36. The summed E-state index contributed by atoms with van der Waals surface area (Å²) in [7, 11) is 0. The largest absolute Gasteiger partial charge is 0.478 e. The van der Waals surface area contributed by atoms with Gasteiger partial charge in [-0.1, -0.05) is 36.6 Å². The molecule has 3 rings (SSSR count). The van der Waals surface area contributed by atoms with E-state index in [-0.39, 0.29) is 17.9 Å². The molecule has 5 heteroatoms. The van der Waals surface area contributed by atoms with E-state index in [0.29, 0.717) is 16.9 Å². The van der Waals surface area contributed by atoms with Gasteiger partial charge in [-0.15, -0.1) is 0 Å². The molecule has 1 amide bonds. The third-order valence-corrected chi connectivity index (χ3v) is 5.41. The van der Waals surface area contributed by atoms with Crippen molar-refractivity contribution in [3.63, 3.8) is 0 Å². The van der Waals surface area contributed by atoms with Gasteiger partial charge in [-0.3, -0.25) is 4.79 Å². The van der Waals surface area contributed by atoms with Crippen LogP contribution in [0.25, 0.3) is 6.08 Å². The number of likely N-dealkylation sites (tertiary alicyclic amines) is 1. The number of carbonyl (C=O) groups is 2. The summed E-state index contributed by atoms with van der Waals surface area (Å²) in [5, 5.41) is 10.0. The Labute approximate surface area is 147 Å². The smallest absolute Gasteiger partial charge is 0.332 e. The fourth-order valence-corrected chi connectivity index (χ4v) is 3.96. The molecule has 2 atom stereocenters. The van der Waals surface area contributed by atoms with E-state index in [0.717, 1.165) is 18.7 Å². The van der Waals surface area contributed by atoms with Gasteiger partial charge >= 0.3 is 5.97 Å². The molecular weight excluding hydrogens is 326 g/mol. The normalized spacial score (nSPS) is 23.9. The number of nitrogens with zero attached hydrogens (tertiary/aromatic N) is 1. The summed E-state index contributed by atoms with van der Waals surface area (Å²) in [4.78, 5) is 25.9. The van der Waals surface area contributed by atoms with Crippen molar-refractivity contribution in [1.29, 1.82) is 0 Å². The lowest BCUT2D eigenvalue weighted by atomic mass is 9.82. The monoisotopic (exact) mass is 347 g/mol. The van der Waals surface area contributed by atoms with Crippen LogP contribution in [0.5, 0.6) is 0 Å². The summed E-state index contributed by atoms with van der Waals surface area (Å²) in [6, 6.07) is 6.92. The van der Waals surface area contributed by atoms with Crippen molar-refractivity contribution in [2.45, 2.75) is 32.1 Å². The number of carbonyl (C=O) groups excluding carboxylic acids is 1. The maximum Gasteiger partial charge on any atom is 0.332 e. The zero-order valence-electron chi connectivity index (χ0n) is 13.6. The maximum atomic E-state index is 12.5. The van der Waals surface area contributed by atoms with E-state index in [1.54, 1.807) is 30.3 Å². The Morgan fingerprint density at radius 3 is 2.25 bits per heavy atom. The molecule has 1 aromatic rings. The number of carboxylic acid groups (broad SMARTS) is 1. The van der Waals surface area contributed by atoms with E-state index in [9.17, 15) is 14.7 Å². The minimum absolute atomic E-state index is 0.0581. The Bertz CT molecular complexity index is 639. The van der Waals surface area contributed by atoms with Gasteiger partial charge in [-0.25, -0.2) is 4.79 Å². The van der Waals surface area contributed by atoms with Gasteiger partial charge in [0.25, 0.3) is 0 Å². The summed E-state index contributed by atoms with van der Waals surface area (Å²) < 4.78 is 0. The Hall–Kier alpha value is -1.81. The van der Waals surface area contributed by atoms with Crippen molar-refractivity contribution < 1.29 is 14.7 Å². The van der Waals surface area contributed by atoms with E-state index in [4.69, 9.17) is 11.6 Å². The predicted molar refractivity (Wildman–Crippen MR) is 93.7 cm³/mol. The molecular formula is C19H22ClNO3. The molecule has 0 bridgehead atoms. The van der Waals surface area contributed by atoms with Crippen LogP contribution in [0.1, 0.15) is 37.7 Å². The molecule has 1 saturated carbocycles. The summed E-state index contributed by atoms with van der Waals surface area (Å²) in [6.45, 7) is 1.58. The van der Waals surface area contributed by atoms with Crippen LogP contribution in [-0.2, 0) is 9.59 Å². The molecule has 4 nitrogen and oxygen atoms in total. The van der Waals surface area contributed by atoms with Crippen LogP contribution in [-0.4, -0.2) is 35.0 Å². The molecule has 2 fully saturated rings. The second kappa shape index (κ2) is 7.39. The maximum absolute atomic E-state index is 12.5. The van der Waals surface area contributed by atoms with Crippen molar-refractivity contribution in [2.24, 2.45) is 11.8 Å². The summed E-state index contributed by atoms with van der Waals surface area (Å²) >= 11 is 5.84. The first-order valence-corrected chi connectivity index (χ1v) is 8.88. The van der Waals surface area contributed by atoms with Gasteiger partial charge in [0.15, 0.2) is 0 Å². The minimum Gasteiger partial charge on any atom is -0.478 e. The fraction of sp³-hybridized carbons (Fsp3) is 0.474. The Kier molecular flexibility index (Phi) is 5.24. The van der Waals surface area contributed by atoms with Crippen molar-refractivity contribution in [3.05, 3.63) is 40.4 Å². The number of halogens is 1. The average molecular weight is 348 g/mol. The Morgan fingerprint density at radius 1 is 1.12 bits per heavy atom. The molecule has 24 heavy (non-hydrogen) atoms. The molecule has 0 aromatic heterocycles. The molecule has 1 N–H and O–H groups in total. The topological polar surface area (TPSA) is 57.6 Å². The summed E-state index contributed by atoms with van der Waals surface area (Å²) in [5.41, 5.74) is 0.858. The minimum atomic E-state index is -1.05. The zero-order chi connectivity index (χ0) is 17.1. The number of amides is 1. The quantitative estimate of drug-likeness (QED) is 0.842. The first-order valence-electron chi connectivity index (χ1n) is 8.50. The zero-order valence-corrected chi connectivity index (χ0v) is 14.3. The van der Waals surface area contributed by atoms with Crippen LogP contribution in [0.15, 0.2) is 29.8 Å². The third-order valence-electron chi connectivity index (χ3n) is 5.16. The highest BCUT2D eigenvalue weighted by Gasteiger charge is 2.36. The van der Waals surface area contributed by atoms with Crippen LogP contribution in [0.2, 0.25) is 5.02 Å². The number of aliphatic carboxylic acids is 1. The van der Waals surface area contributed by atoms with Gasteiger partial charge in [0, 0.05) is 23.7 Å². The number of benzene rings is 1. The highest BCUT2D eigenvalue weighted by molar-refractivity contribution is 6.30. The number of carboxylic acids is 1. The first-order chi connectivity index (χ1) is 11.5. The Balaban J connectivity index is 1.68. The number of rotatable bonds is 4. The molecule has 0 spiro atoms. The van der Waals surface area contributed by atoms with Crippen LogP contribution in [0.4, 0.5) is 0 Å². The predicted octanol–water partition coefficient (Wildman–Crippen LogP) is 3.85.